The Balaban J connectivity index is 2.50. The van der Waals surface area contributed by atoms with Gasteiger partial charge in [0, 0.05) is 0 Å². The van der Waals surface area contributed by atoms with Crippen LogP contribution in [0.1, 0.15) is 53.4 Å². The SMILES string of the molecule is CC[C@@H]1C[C@H](C)CC[C@H]1C(C)C. The molecule has 0 aromatic carbocycles. The summed E-state index contributed by atoms with van der Waals surface area (Å²) in [5.74, 6) is 3.94. The Morgan fingerprint density at radius 2 is 1.92 bits per heavy atom. The van der Waals surface area contributed by atoms with Crippen molar-refractivity contribution in [2.45, 2.75) is 53.4 Å². The molecule has 1 aliphatic carbocycles. The van der Waals surface area contributed by atoms with Crippen LogP contribution in [0.2, 0.25) is 0 Å². The third kappa shape index (κ3) is 2.24. The molecule has 0 radical (unpaired) electrons. The molecule has 0 N–H and O–H groups in total. The minimum absolute atomic E-state index is 0.905. The third-order valence-corrected chi connectivity index (χ3v) is 3.68. The van der Waals surface area contributed by atoms with Gasteiger partial charge >= 0.3 is 0 Å². The molecule has 0 unspecified atom stereocenters. The zero-order valence-electron chi connectivity index (χ0n) is 9.14. The number of hydrogen-bond acceptors (Lipinski definition) is 0. The third-order valence-electron chi connectivity index (χ3n) is 3.68. The Morgan fingerprint density at radius 3 is 2.42 bits per heavy atom. The van der Waals surface area contributed by atoms with E-state index in [2.05, 4.69) is 27.7 Å². The lowest BCUT2D eigenvalue weighted by Gasteiger charge is -2.36. The van der Waals surface area contributed by atoms with E-state index in [1.54, 1.807) is 0 Å². The van der Waals surface area contributed by atoms with Crippen molar-refractivity contribution in [3.63, 3.8) is 0 Å². The molecule has 0 saturated heterocycles. The molecule has 0 aromatic rings. The second kappa shape index (κ2) is 4.30. The minimum Gasteiger partial charge on any atom is -0.0651 e. The highest BCUT2D eigenvalue weighted by Crippen LogP contribution is 2.39. The summed E-state index contributed by atoms with van der Waals surface area (Å²) in [5.41, 5.74) is 0. The molecule has 0 aromatic heterocycles. The Morgan fingerprint density at radius 1 is 1.25 bits per heavy atom. The monoisotopic (exact) mass is 168 g/mol. The molecule has 3 atom stereocenters. The van der Waals surface area contributed by atoms with Gasteiger partial charge in [-0.2, -0.15) is 0 Å². The number of rotatable bonds is 2. The van der Waals surface area contributed by atoms with E-state index >= 15 is 0 Å². The first-order chi connectivity index (χ1) is 5.65. The van der Waals surface area contributed by atoms with Crippen LogP contribution in [0.25, 0.3) is 0 Å². The van der Waals surface area contributed by atoms with Gasteiger partial charge in [0.2, 0.25) is 0 Å². The zero-order chi connectivity index (χ0) is 9.14. The first kappa shape index (κ1) is 10.1. The van der Waals surface area contributed by atoms with Gasteiger partial charge < -0.3 is 0 Å². The topological polar surface area (TPSA) is 0 Å². The van der Waals surface area contributed by atoms with Crippen molar-refractivity contribution in [3.8, 4) is 0 Å². The fourth-order valence-corrected chi connectivity index (χ4v) is 2.87. The van der Waals surface area contributed by atoms with E-state index in [9.17, 15) is 0 Å². The molecule has 1 rings (SSSR count). The van der Waals surface area contributed by atoms with E-state index in [4.69, 9.17) is 0 Å². The van der Waals surface area contributed by atoms with Gasteiger partial charge in [0.25, 0.3) is 0 Å². The predicted molar refractivity (Wildman–Crippen MR) is 55.1 cm³/mol. The predicted octanol–water partition coefficient (Wildman–Crippen LogP) is 4.10. The fraction of sp³-hybridized carbons (Fsp3) is 1.00. The van der Waals surface area contributed by atoms with Crippen LogP contribution in [0.3, 0.4) is 0 Å². The van der Waals surface area contributed by atoms with Crippen molar-refractivity contribution >= 4 is 0 Å². The van der Waals surface area contributed by atoms with Gasteiger partial charge in [-0.05, 0) is 36.5 Å². The van der Waals surface area contributed by atoms with Gasteiger partial charge in [-0.1, -0.05) is 40.5 Å². The summed E-state index contributed by atoms with van der Waals surface area (Å²) in [6.07, 6.45) is 5.84. The molecule has 0 nitrogen and oxygen atoms in total. The van der Waals surface area contributed by atoms with Crippen molar-refractivity contribution in [2.24, 2.45) is 23.7 Å². The molecular formula is C12H24. The second-order valence-electron chi connectivity index (χ2n) is 4.99. The highest BCUT2D eigenvalue weighted by Gasteiger charge is 2.28. The van der Waals surface area contributed by atoms with Gasteiger partial charge in [-0.15, -0.1) is 0 Å². The van der Waals surface area contributed by atoms with Crippen LogP contribution in [0.15, 0.2) is 0 Å². The normalized spacial score (nSPS) is 37.2. The molecule has 0 aliphatic heterocycles. The van der Waals surface area contributed by atoms with Gasteiger partial charge in [-0.25, -0.2) is 0 Å². The lowest BCUT2D eigenvalue weighted by molar-refractivity contribution is 0.140. The van der Waals surface area contributed by atoms with E-state index in [0.717, 1.165) is 23.7 Å². The molecule has 0 heteroatoms. The highest BCUT2D eigenvalue weighted by atomic mass is 14.3. The maximum atomic E-state index is 2.42. The molecule has 72 valence electrons. The summed E-state index contributed by atoms with van der Waals surface area (Å²) in [5, 5.41) is 0. The average Bonchev–Trinajstić information content (AvgIpc) is 2.03. The van der Waals surface area contributed by atoms with Crippen LogP contribution in [-0.2, 0) is 0 Å². The summed E-state index contributed by atoms with van der Waals surface area (Å²) >= 11 is 0. The molecule has 0 bridgehead atoms. The minimum atomic E-state index is 0.905. The van der Waals surface area contributed by atoms with Crippen molar-refractivity contribution in [1.29, 1.82) is 0 Å². The maximum Gasteiger partial charge on any atom is -0.0363 e. The molecule has 1 fully saturated rings. The zero-order valence-corrected chi connectivity index (χ0v) is 9.14. The van der Waals surface area contributed by atoms with E-state index < -0.39 is 0 Å². The standard InChI is InChI=1S/C12H24/c1-5-11-8-10(4)6-7-12(11)9(2)3/h9-12H,5-8H2,1-4H3/t10-,11-,12+/m1/s1. The average molecular weight is 168 g/mol. The quantitative estimate of drug-likeness (QED) is 0.582. The first-order valence-electron chi connectivity index (χ1n) is 5.65. The molecule has 1 aliphatic rings. The Bertz CT molecular complexity index is 126. The molecular weight excluding hydrogens is 144 g/mol. The Hall–Kier alpha value is 0. The fourth-order valence-electron chi connectivity index (χ4n) is 2.87. The summed E-state index contributed by atoms with van der Waals surface area (Å²) in [4.78, 5) is 0. The van der Waals surface area contributed by atoms with Gasteiger partial charge in [-0.3, -0.25) is 0 Å². The summed E-state index contributed by atoms with van der Waals surface area (Å²) in [6, 6.07) is 0. The molecule has 1 saturated carbocycles. The van der Waals surface area contributed by atoms with Crippen molar-refractivity contribution in [2.75, 3.05) is 0 Å². The maximum absolute atomic E-state index is 2.42. The molecule has 0 amide bonds. The smallest absolute Gasteiger partial charge is 0.0363 e. The summed E-state index contributed by atoms with van der Waals surface area (Å²) in [6.45, 7) is 9.56. The van der Waals surface area contributed by atoms with E-state index in [-0.39, 0.29) is 0 Å². The molecule has 0 heterocycles. The molecule has 0 spiro atoms. The van der Waals surface area contributed by atoms with Gasteiger partial charge in [0.05, 0.1) is 0 Å². The van der Waals surface area contributed by atoms with Crippen LogP contribution in [-0.4, -0.2) is 0 Å². The van der Waals surface area contributed by atoms with Crippen LogP contribution >= 0.6 is 0 Å². The second-order valence-corrected chi connectivity index (χ2v) is 4.99. The Kier molecular flexibility index (Phi) is 3.61. The largest absolute Gasteiger partial charge is 0.0651 e. The van der Waals surface area contributed by atoms with Crippen LogP contribution in [0, 0.1) is 23.7 Å². The first-order valence-corrected chi connectivity index (χ1v) is 5.65. The highest BCUT2D eigenvalue weighted by molar-refractivity contribution is 4.79. The van der Waals surface area contributed by atoms with Gasteiger partial charge in [0.15, 0.2) is 0 Å². The van der Waals surface area contributed by atoms with E-state index in [1.807, 2.05) is 0 Å². The van der Waals surface area contributed by atoms with Crippen LogP contribution in [0.4, 0.5) is 0 Å². The Labute approximate surface area is 77.7 Å². The van der Waals surface area contributed by atoms with Crippen LogP contribution in [0.5, 0.6) is 0 Å². The van der Waals surface area contributed by atoms with Crippen molar-refractivity contribution < 1.29 is 0 Å². The van der Waals surface area contributed by atoms with Gasteiger partial charge in [0.1, 0.15) is 0 Å². The van der Waals surface area contributed by atoms with E-state index in [0.29, 0.717) is 0 Å². The number of hydrogen-bond donors (Lipinski definition) is 0. The van der Waals surface area contributed by atoms with Crippen LogP contribution < -0.4 is 0 Å². The summed E-state index contributed by atoms with van der Waals surface area (Å²) < 4.78 is 0. The van der Waals surface area contributed by atoms with E-state index in [1.165, 1.54) is 25.7 Å². The lowest BCUT2D eigenvalue weighted by Crippen LogP contribution is -2.26. The van der Waals surface area contributed by atoms with Crippen molar-refractivity contribution in [3.05, 3.63) is 0 Å². The van der Waals surface area contributed by atoms with Crippen molar-refractivity contribution in [1.82, 2.24) is 0 Å². The molecule has 12 heavy (non-hydrogen) atoms. The lowest BCUT2D eigenvalue weighted by atomic mass is 9.69. The summed E-state index contributed by atoms with van der Waals surface area (Å²) in [7, 11) is 0.